The predicted octanol–water partition coefficient (Wildman–Crippen LogP) is 2.60. The molecule has 8 heteroatoms. The van der Waals surface area contributed by atoms with E-state index in [4.69, 9.17) is 14.2 Å². The number of anilines is 1. The van der Waals surface area contributed by atoms with Crippen LogP contribution in [0.4, 0.5) is 5.69 Å². The van der Waals surface area contributed by atoms with Crippen molar-refractivity contribution in [3.8, 4) is 17.2 Å². The van der Waals surface area contributed by atoms with E-state index in [1.165, 1.54) is 4.90 Å². The van der Waals surface area contributed by atoms with Gasteiger partial charge in [-0.25, -0.2) is 0 Å². The molecule has 1 atom stereocenters. The number of carbonyl (C=O) groups is 3. The van der Waals surface area contributed by atoms with Gasteiger partial charge in [-0.15, -0.1) is 0 Å². The standard InChI is InChI=1S/C23H26N2O6/c1-4-15(2)24-22(27)12-25-19-10-16(8-9-21(19)31-14-23(25)28)20(26)13-30-18-7-5-6-17(11-18)29-3/h5-11,15H,4,12-14H2,1-3H3,(H,24,27). The van der Waals surface area contributed by atoms with Gasteiger partial charge in [0.1, 0.15) is 23.8 Å². The number of rotatable bonds is 9. The molecular formula is C23H26N2O6. The number of Topliss-reactive ketones (excluding diaryl/α,β-unsaturated/α-hetero) is 1. The molecule has 31 heavy (non-hydrogen) atoms. The maximum absolute atomic E-state index is 12.7. The fourth-order valence-corrected chi connectivity index (χ4v) is 3.04. The molecule has 8 nitrogen and oxygen atoms in total. The van der Waals surface area contributed by atoms with Crippen LogP contribution in [-0.2, 0) is 9.59 Å². The summed E-state index contributed by atoms with van der Waals surface area (Å²) in [7, 11) is 1.55. The van der Waals surface area contributed by atoms with Crippen LogP contribution in [0, 0.1) is 0 Å². The van der Waals surface area contributed by atoms with Gasteiger partial charge in [-0.2, -0.15) is 0 Å². The normalized spacial score (nSPS) is 13.6. The van der Waals surface area contributed by atoms with E-state index in [1.807, 2.05) is 13.8 Å². The van der Waals surface area contributed by atoms with E-state index in [-0.39, 0.29) is 43.4 Å². The lowest BCUT2D eigenvalue weighted by Gasteiger charge is -2.29. The topological polar surface area (TPSA) is 94.2 Å². The Hall–Kier alpha value is -3.55. The van der Waals surface area contributed by atoms with Crippen molar-refractivity contribution in [3.05, 3.63) is 48.0 Å². The summed E-state index contributed by atoms with van der Waals surface area (Å²) in [6.07, 6.45) is 0.783. The summed E-state index contributed by atoms with van der Waals surface area (Å²) >= 11 is 0. The van der Waals surface area contributed by atoms with Gasteiger partial charge in [-0.05, 0) is 43.7 Å². The quantitative estimate of drug-likeness (QED) is 0.620. The third-order valence-electron chi connectivity index (χ3n) is 4.96. The van der Waals surface area contributed by atoms with Gasteiger partial charge in [0.25, 0.3) is 5.91 Å². The summed E-state index contributed by atoms with van der Waals surface area (Å²) in [5.74, 6) is 0.694. The molecule has 1 unspecified atom stereocenters. The molecule has 1 aliphatic heterocycles. The maximum Gasteiger partial charge on any atom is 0.265 e. The fourth-order valence-electron chi connectivity index (χ4n) is 3.04. The molecule has 1 heterocycles. The monoisotopic (exact) mass is 426 g/mol. The number of amides is 2. The largest absolute Gasteiger partial charge is 0.497 e. The number of fused-ring (bicyclic) bond motifs is 1. The SMILES string of the molecule is CCC(C)NC(=O)CN1C(=O)COc2ccc(C(=O)COc3cccc(OC)c3)cc21. The molecule has 2 aromatic rings. The van der Waals surface area contributed by atoms with Crippen molar-refractivity contribution in [2.24, 2.45) is 0 Å². The molecule has 2 amide bonds. The third-order valence-corrected chi connectivity index (χ3v) is 4.96. The highest BCUT2D eigenvalue weighted by Crippen LogP contribution is 2.33. The van der Waals surface area contributed by atoms with Gasteiger partial charge < -0.3 is 19.5 Å². The highest BCUT2D eigenvalue weighted by Gasteiger charge is 2.28. The molecule has 0 saturated carbocycles. The maximum atomic E-state index is 12.7. The molecule has 0 fully saturated rings. The van der Waals surface area contributed by atoms with E-state index in [2.05, 4.69) is 5.32 Å². The smallest absolute Gasteiger partial charge is 0.265 e. The van der Waals surface area contributed by atoms with Crippen LogP contribution in [0.2, 0.25) is 0 Å². The highest BCUT2D eigenvalue weighted by atomic mass is 16.5. The molecule has 0 aliphatic carbocycles. The number of nitrogens with one attached hydrogen (secondary N) is 1. The highest BCUT2D eigenvalue weighted by molar-refractivity contribution is 6.04. The Morgan fingerprint density at radius 2 is 1.97 bits per heavy atom. The van der Waals surface area contributed by atoms with E-state index in [0.29, 0.717) is 28.5 Å². The Morgan fingerprint density at radius 1 is 1.19 bits per heavy atom. The van der Waals surface area contributed by atoms with Crippen molar-refractivity contribution in [1.29, 1.82) is 0 Å². The molecule has 0 radical (unpaired) electrons. The number of carbonyl (C=O) groups excluding carboxylic acids is 3. The molecule has 0 aromatic heterocycles. The summed E-state index contributed by atoms with van der Waals surface area (Å²) in [5, 5.41) is 2.84. The first kappa shape index (κ1) is 22.1. The van der Waals surface area contributed by atoms with Crippen LogP contribution in [0.25, 0.3) is 0 Å². The lowest BCUT2D eigenvalue weighted by molar-refractivity contribution is -0.125. The lowest BCUT2D eigenvalue weighted by Crippen LogP contribution is -2.46. The summed E-state index contributed by atoms with van der Waals surface area (Å²) in [5.41, 5.74) is 0.745. The second-order valence-electron chi connectivity index (χ2n) is 7.22. The molecule has 0 bridgehead atoms. The Bertz CT molecular complexity index is 974. The van der Waals surface area contributed by atoms with E-state index >= 15 is 0 Å². The fraction of sp³-hybridized carbons (Fsp3) is 0.348. The predicted molar refractivity (Wildman–Crippen MR) is 115 cm³/mol. The van der Waals surface area contributed by atoms with E-state index in [1.54, 1.807) is 49.6 Å². The average molecular weight is 426 g/mol. The lowest BCUT2D eigenvalue weighted by atomic mass is 10.1. The third kappa shape index (κ3) is 5.53. The van der Waals surface area contributed by atoms with Gasteiger partial charge in [-0.3, -0.25) is 19.3 Å². The first-order chi connectivity index (χ1) is 14.9. The van der Waals surface area contributed by atoms with Crippen molar-refractivity contribution in [2.45, 2.75) is 26.3 Å². The van der Waals surface area contributed by atoms with Gasteiger partial charge in [0, 0.05) is 17.7 Å². The van der Waals surface area contributed by atoms with Crippen LogP contribution in [0.15, 0.2) is 42.5 Å². The van der Waals surface area contributed by atoms with Crippen LogP contribution in [0.5, 0.6) is 17.2 Å². The zero-order chi connectivity index (χ0) is 22.4. The van der Waals surface area contributed by atoms with Gasteiger partial charge in [0.2, 0.25) is 5.91 Å². The zero-order valence-corrected chi connectivity index (χ0v) is 17.8. The minimum atomic E-state index is -0.343. The molecule has 164 valence electrons. The first-order valence-electron chi connectivity index (χ1n) is 10.1. The van der Waals surface area contributed by atoms with Gasteiger partial charge in [0.15, 0.2) is 19.0 Å². The summed E-state index contributed by atoms with van der Waals surface area (Å²) in [4.78, 5) is 38.7. The van der Waals surface area contributed by atoms with Gasteiger partial charge in [0.05, 0.1) is 12.8 Å². The van der Waals surface area contributed by atoms with Crippen LogP contribution < -0.4 is 24.4 Å². The number of nitrogens with zero attached hydrogens (tertiary/aromatic N) is 1. The molecule has 1 aliphatic rings. The number of methoxy groups -OCH3 is 1. The Labute approximate surface area is 181 Å². The number of hydrogen-bond donors (Lipinski definition) is 1. The average Bonchev–Trinajstić information content (AvgIpc) is 2.79. The van der Waals surface area contributed by atoms with Crippen LogP contribution in [0.1, 0.15) is 30.6 Å². The Morgan fingerprint density at radius 3 is 2.71 bits per heavy atom. The number of benzene rings is 2. The van der Waals surface area contributed by atoms with E-state index in [0.717, 1.165) is 6.42 Å². The van der Waals surface area contributed by atoms with Crippen LogP contribution in [0.3, 0.4) is 0 Å². The van der Waals surface area contributed by atoms with Crippen molar-refractivity contribution >= 4 is 23.3 Å². The van der Waals surface area contributed by atoms with Crippen molar-refractivity contribution in [2.75, 3.05) is 31.8 Å². The van der Waals surface area contributed by atoms with E-state index < -0.39 is 0 Å². The van der Waals surface area contributed by atoms with Crippen LogP contribution >= 0.6 is 0 Å². The number of hydrogen-bond acceptors (Lipinski definition) is 6. The minimum absolute atomic E-state index is 0.00443. The van der Waals surface area contributed by atoms with Crippen molar-refractivity contribution in [3.63, 3.8) is 0 Å². The molecule has 0 spiro atoms. The number of ketones is 1. The molecular weight excluding hydrogens is 400 g/mol. The summed E-state index contributed by atoms with van der Waals surface area (Å²) < 4.78 is 16.2. The second-order valence-corrected chi connectivity index (χ2v) is 7.22. The van der Waals surface area contributed by atoms with E-state index in [9.17, 15) is 14.4 Å². The summed E-state index contributed by atoms with van der Waals surface area (Å²) in [6.45, 7) is 3.38. The molecule has 0 saturated heterocycles. The number of ether oxygens (including phenoxy) is 3. The zero-order valence-electron chi connectivity index (χ0n) is 17.8. The Kier molecular flexibility index (Phi) is 7.12. The van der Waals surface area contributed by atoms with Crippen LogP contribution in [-0.4, -0.2) is 50.5 Å². The Balaban J connectivity index is 1.73. The molecule has 1 N–H and O–H groups in total. The first-order valence-corrected chi connectivity index (χ1v) is 10.1. The van der Waals surface area contributed by atoms with Crippen molar-refractivity contribution in [1.82, 2.24) is 5.32 Å². The summed E-state index contributed by atoms with van der Waals surface area (Å²) in [6, 6.07) is 11.8. The van der Waals surface area contributed by atoms with Crippen molar-refractivity contribution < 1.29 is 28.6 Å². The van der Waals surface area contributed by atoms with Gasteiger partial charge in [-0.1, -0.05) is 13.0 Å². The second kappa shape index (κ2) is 9.97. The van der Waals surface area contributed by atoms with Gasteiger partial charge >= 0.3 is 0 Å². The molecule has 2 aromatic carbocycles. The minimum Gasteiger partial charge on any atom is -0.497 e. The molecule has 3 rings (SSSR count).